The molecule has 0 spiro atoms. The molecule has 21 heavy (non-hydrogen) atoms. The monoisotopic (exact) mass is 294 g/mol. The summed E-state index contributed by atoms with van der Waals surface area (Å²) >= 11 is 0. The lowest BCUT2D eigenvalue weighted by molar-refractivity contribution is -0.122. The van der Waals surface area contributed by atoms with Gasteiger partial charge in [-0.15, -0.1) is 0 Å². The predicted molar refractivity (Wildman–Crippen MR) is 83.8 cm³/mol. The number of hydrogen-bond acceptors (Lipinski definition) is 4. The zero-order valence-corrected chi connectivity index (χ0v) is 13.4. The zero-order valence-electron chi connectivity index (χ0n) is 13.4. The molecule has 0 fully saturated rings. The van der Waals surface area contributed by atoms with Crippen molar-refractivity contribution in [2.75, 3.05) is 34.4 Å². The molecular formula is C16H26N2O3. The molecule has 1 amide bonds. The van der Waals surface area contributed by atoms with Crippen molar-refractivity contribution in [1.29, 1.82) is 0 Å². The molecule has 1 aromatic rings. The first-order valence-electron chi connectivity index (χ1n) is 7.26. The number of amides is 1. The number of benzene rings is 1. The van der Waals surface area contributed by atoms with Gasteiger partial charge in [0.2, 0.25) is 5.91 Å². The van der Waals surface area contributed by atoms with Gasteiger partial charge in [-0.3, -0.25) is 9.69 Å². The number of unbranched alkanes of at least 4 members (excludes halogenated alkanes) is 1. The van der Waals surface area contributed by atoms with Gasteiger partial charge in [0.15, 0.2) is 11.5 Å². The number of rotatable bonds is 9. The second kappa shape index (κ2) is 9.23. The van der Waals surface area contributed by atoms with E-state index in [2.05, 4.69) is 12.2 Å². The third-order valence-corrected chi connectivity index (χ3v) is 3.17. The minimum atomic E-state index is 0.0615. The Kier molecular flexibility index (Phi) is 7.61. The number of likely N-dealkylation sites (N-methyl/N-ethyl adjacent to an activating group) is 1. The van der Waals surface area contributed by atoms with Gasteiger partial charge < -0.3 is 14.8 Å². The molecule has 0 radical (unpaired) electrons. The van der Waals surface area contributed by atoms with Gasteiger partial charge in [-0.25, -0.2) is 0 Å². The molecule has 118 valence electrons. The van der Waals surface area contributed by atoms with Crippen LogP contribution in [0.1, 0.15) is 25.3 Å². The minimum Gasteiger partial charge on any atom is -0.493 e. The van der Waals surface area contributed by atoms with Gasteiger partial charge in [-0.05, 0) is 31.2 Å². The lowest BCUT2D eigenvalue weighted by Crippen LogP contribution is -2.35. The molecule has 5 heteroatoms. The van der Waals surface area contributed by atoms with Crippen molar-refractivity contribution in [1.82, 2.24) is 10.2 Å². The van der Waals surface area contributed by atoms with Crippen LogP contribution in [-0.2, 0) is 11.3 Å². The average Bonchev–Trinajstić information content (AvgIpc) is 2.47. The Morgan fingerprint density at radius 2 is 1.95 bits per heavy atom. The van der Waals surface area contributed by atoms with Crippen LogP contribution in [-0.4, -0.2) is 45.2 Å². The fourth-order valence-corrected chi connectivity index (χ4v) is 2.05. The van der Waals surface area contributed by atoms with E-state index >= 15 is 0 Å². The second-order valence-corrected chi connectivity index (χ2v) is 5.07. The minimum absolute atomic E-state index is 0.0615. The highest BCUT2D eigenvalue weighted by Crippen LogP contribution is 2.27. The van der Waals surface area contributed by atoms with Crippen LogP contribution in [0.3, 0.4) is 0 Å². The highest BCUT2D eigenvalue weighted by Gasteiger charge is 2.09. The lowest BCUT2D eigenvalue weighted by atomic mass is 10.2. The summed E-state index contributed by atoms with van der Waals surface area (Å²) < 4.78 is 10.5. The highest BCUT2D eigenvalue weighted by molar-refractivity contribution is 5.77. The number of ether oxygens (including phenoxy) is 2. The molecule has 0 aliphatic rings. The number of methoxy groups -OCH3 is 2. The number of nitrogens with zero attached hydrogens (tertiary/aromatic N) is 1. The van der Waals surface area contributed by atoms with Crippen molar-refractivity contribution >= 4 is 5.91 Å². The Morgan fingerprint density at radius 1 is 1.24 bits per heavy atom. The Hall–Kier alpha value is -1.75. The van der Waals surface area contributed by atoms with Crippen molar-refractivity contribution in [3.05, 3.63) is 23.8 Å². The van der Waals surface area contributed by atoms with Crippen molar-refractivity contribution in [2.45, 2.75) is 26.3 Å². The van der Waals surface area contributed by atoms with Crippen LogP contribution in [0.2, 0.25) is 0 Å². The van der Waals surface area contributed by atoms with Crippen LogP contribution in [0.4, 0.5) is 0 Å². The van der Waals surface area contributed by atoms with E-state index in [1.165, 1.54) is 0 Å². The molecule has 0 aliphatic carbocycles. The van der Waals surface area contributed by atoms with Gasteiger partial charge in [0.25, 0.3) is 0 Å². The van der Waals surface area contributed by atoms with E-state index in [0.29, 0.717) is 24.6 Å². The number of hydrogen-bond donors (Lipinski definition) is 1. The summed E-state index contributed by atoms with van der Waals surface area (Å²) in [6, 6.07) is 5.79. The molecule has 0 aromatic heterocycles. The third kappa shape index (κ3) is 6.04. The fraction of sp³-hybridized carbons (Fsp3) is 0.562. The van der Waals surface area contributed by atoms with E-state index in [-0.39, 0.29) is 5.91 Å². The smallest absolute Gasteiger partial charge is 0.234 e. The molecule has 0 saturated heterocycles. The van der Waals surface area contributed by atoms with E-state index in [9.17, 15) is 4.79 Å². The molecule has 5 nitrogen and oxygen atoms in total. The summed E-state index contributed by atoms with van der Waals surface area (Å²) in [5.74, 6) is 1.48. The van der Waals surface area contributed by atoms with Gasteiger partial charge in [0.05, 0.1) is 20.8 Å². The third-order valence-electron chi connectivity index (χ3n) is 3.17. The summed E-state index contributed by atoms with van der Waals surface area (Å²) in [6.45, 7) is 3.93. The molecule has 1 N–H and O–H groups in total. The van der Waals surface area contributed by atoms with Crippen molar-refractivity contribution in [3.63, 3.8) is 0 Å². The van der Waals surface area contributed by atoms with Crippen LogP contribution in [0.15, 0.2) is 18.2 Å². The summed E-state index contributed by atoms with van der Waals surface area (Å²) in [5.41, 5.74) is 1.08. The average molecular weight is 294 g/mol. The molecule has 1 rings (SSSR count). The van der Waals surface area contributed by atoms with Crippen molar-refractivity contribution < 1.29 is 14.3 Å². The summed E-state index contributed by atoms with van der Waals surface area (Å²) in [5, 5.41) is 2.92. The molecule has 0 atom stereocenters. The first-order chi connectivity index (χ1) is 10.1. The van der Waals surface area contributed by atoms with Crippen LogP contribution in [0.5, 0.6) is 11.5 Å². The zero-order chi connectivity index (χ0) is 15.7. The van der Waals surface area contributed by atoms with Crippen molar-refractivity contribution in [2.24, 2.45) is 0 Å². The fourth-order valence-electron chi connectivity index (χ4n) is 2.05. The standard InChI is InChI=1S/C16H26N2O3/c1-5-6-9-17-16(19)12-18(2)11-13-7-8-14(20-3)15(10-13)21-4/h7-8,10H,5-6,9,11-12H2,1-4H3,(H,17,19). The van der Waals surface area contributed by atoms with Gasteiger partial charge in [-0.2, -0.15) is 0 Å². The van der Waals surface area contributed by atoms with E-state index < -0.39 is 0 Å². The largest absolute Gasteiger partial charge is 0.493 e. The Morgan fingerprint density at radius 3 is 2.57 bits per heavy atom. The number of carbonyl (C=O) groups is 1. The maximum absolute atomic E-state index is 11.7. The molecule has 0 heterocycles. The van der Waals surface area contributed by atoms with Crippen LogP contribution >= 0.6 is 0 Å². The maximum Gasteiger partial charge on any atom is 0.234 e. The van der Waals surface area contributed by atoms with Gasteiger partial charge in [-0.1, -0.05) is 19.4 Å². The van der Waals surface area contributed by atoms with Gasteiger partial charge in [0, 0.05) is 13.1 Å². The van der Waals surface area contributed by atoms with Crippen LogP contribution in [0, 0.1) is 0 Å². The first kappa shape index (κ1) is 17.3. The van der Waals surface area contributed by atoms with E-state index in [4.69, 9.17) is 9.47 Å². The number of nitrogens with one attached hydrogen (secondary N) is 1. The maximum atomic E-state index is 11.7. The van der Waals surface area contributed by atoms with E-state index in [1.54, 1.807) is 14.2 Å². The molecule has 0 unspecified atom stereocenters. The van der Waals surface area contributed by atoms with Crippen LogP contribution in [0.25, 0.3) is 0 Å². The molecule has 1 aromatic carbocycles. The number of carbonyl (C=O) groups excluding carboxylic acids is 1. The Bertz CT molecular complexity index is 449. The van der Waals surface area contributed by atoms with Crippen molar-refractivity contribution in [3.8, 4) is 11.5 Å². The van der Waals surface area contributed by atoms with E-state index in [1.807, 2.05) is 30.1 Å². The highest BCUT2D eigenvalue weighted by atomic mass is 16.5. The lowest BCUT2D eigenvalue weighted by Gasteiger charge is -2.17. The summed E-state index contributed by atoms with van der Waals surface area (Å²) in [6.07, 6.45) is 2.10. The summed E-state index contributed by atoms with van der Waals surface area (Å²) in [7, 11) is 5.16. The summed E-state index contributed by atoms with van der Waals surface area (Å²) in [4.78, 5) is 13.7. The molecular weight excluding hydrogens is 268 g/mol. The molecule has 0 saturated carbocycles. The van der Waals surface area contributed by atoms with Gasteiger partial charge >= 0.3 is 0 Å². The first-order valence-corrected chi connectivity index (χ1v) is 7.26. The van der Waals surface area contributed by atoms with Gasteiger partial charge in [0.1, 0.15) is 0 Å². The molecule has 0 aliphatic heterocycles. The normalized spacial score (nSPS) is 10.5. The van der Waals surface area contributed by atoms with E-state index in [0.717, 1.165) is 24.9 Å². The Labute approximate surface area is 127 Å². The SMILES string of the molecule is CCCCNC(=O)CN(C)Cc1ccc(OC)c(OC)c1. The Balaban J connectivity index is 2.50. The predicted octanol–water partition coefficient (Wildman–Crippen LogP) is 2.05. The topological polar surface area (TPSA) is 50.8 Å². The molecule has 0 bridgehead atoms. The van der Waals surface area contributed by atoms with Crippen LogP contribution < -0.4 is 14.8 Å². The second-order valence-electron chi connectivity index (χ2n) is 5.07. The quantitative estimate of drug-likeness (QED) is 0.708.